The lowest BCUT2D eigenvalue weighted by atomic mass is 10.0. The Balaban J connectivity index is 1.85. The zero-order chi connectivity index (χ0) is 22.1. The van der Waals surface area contributed by atoms with Gasteiger partial charge < -0.3 is 10.1 Å². The van der Waals surface area contributed by atoms with E-state index in [9.17, 15) is 14.0 Å². The number of rotatable bonds is 5. The Kier molecular flexibility index (Phi) is 5.48. The fraction of sp³-hybridized carbons (Fsp3) is 0.0833. The minimum Gasteiger partial charge on any atom is -0.497 e. The molecule has 0 atom stereocenters. The zero-order valence-electron chi connectivity index (χ0n) is 16.8. The van der Waals surface area contributed by atoms with Crippen LogP contribution in [0.2, 0.25) is 5.02 Å². The maximum absolute atomic E-state index is 13.8. The van der Waals surface area contributed by atoms with E-state index in [0.717, 1.165) is 16.5 Å². The van der Waals surface area contributed by atoms with Crippen molar-refractivity contribution in [3.05, 3.63) is 94.4 Å². The second-order valence-corrected chi connectivity index (χ2v) is 7.35. The Morgan fingerprint density at radius 2 is 1.68 bits per heavy atom. The third-order valence-corrected chi connectivity index (χ3v) is 5.47. The Hall–Kier alpha value is -3.64. The second-order valence-electron chi connectivity index (χ2n) is 6.94. The molecular formula is C24H18ClFN2O3. The van der Waals surface area contributed by atoms with Crippen LogP contribution in [-0.4, -0.2) is 18.9 Å². The molecule has 0 bridgehead atoms. The molecule has 1 aliphatic heterocycles. The van der Waals surface area contributed by atoms with E-state index in [0.29, 0.717) is 22.0 Å². The van der Waals surface area contributed by atoms with E-state index in [-0.39, 0.29) is 17.0 Å². The molecule has 1 N–H and O–H groups in total. The molecule has 1 heterocycles. The lowest BCUT2D eigenvalue weighted by molar-refractivity contribution is -0.120. The first kappa shape index (κ1) is 20.6. The Labute approximate surface area is 183 Å². The molecule has 0 spiro atoms. The molecule has 0 saturated heterocycles. The van der Waals surface area contributed by atoms with Gasteiger partial charge in [-0.2, -0.15) is 0 Å². The molecule has 3 aromatic carbocycles. The molecule has 7 heteroatoms. The number of anilines is 2. The average Bonchev–Trinajstić information content (AvgIpc) is 3.01. The number of nitrogens with one attached hydrogen (secondary N) is 1. The summed E-state index contributed by atoms with van der Waals surface area (Å²) < 4.78 is 19.0. The number of methoxy groups -OCH3 is 1. The molecule has 0 unspecified atom stereocenters. The van der Waals surface area contributed by atoms with Crippen LogP contribution in [0.1, 0.15) is 11.1 Å². The summed E-state index contributed by atoms with van der Waals surface area (Å²) in [5.41, 5.74) is 2.27. The van der Waals surface area contributed by atoms with E-state index in [4.69, 9.17) is 16.3 Å². The number of carbonyl (C=O) groups excluding carboxylic acids is 2. The highest BCUT2D eigenvalue weighted by molar-refractivity contribution is 6.46. The summed E-state index contributed by atoms with van der Waals surface area (Å²) in [5, 5.41) is 3.60. The van der Waals surface area contributed by atoms with Gasteiger partial charge in [0.1, 0.15) is 17.3 Å². The number of hydrogen-bond acceptors (Lipinski definition) is 4. The van der Waals surface area contributed by atoms with Crippen LogP contribution in [0.5, 0.6) is 5.75 Å². The maximum atomic E-state index is 13.8. The van der Waals surface area contributed by atoms with Crippen LogP contribution in [0.15, 0.2) is 72.4 Å². The number of imide groups is 1. The lowest BCUT2D eigenvalue weighted by Crippen LogP contribution is -2.32. The SMILES string of the molecule is COc1ccc(C2=C(Nc3cccc(Cl)c3C)C(=O)N(c3cccc(F)c3)C2=O)cc1. The molecule has 31 heavy (non-hydrogen) atoms. The highest BCUT2D eigenvalue weighted by Gasteiger charge is 2.40. The average molecular weight is 437 g/mol. The van der Waals surface area contributed by atoms with Crippen LogP contribution in [0.25, 0.3) is 5.57 Å². The summed E-state index contributed by atoms with van der Waals surface area (Å²) >= 11 is 6.22. The van der Waals surface area contributed by atoms with Gasteiger partial charge in [-0.15, -0.1) is 0 Å². The van der Waals surface area contributed by atoms with Crippen LogP contribution >= 0.6 is 11.6 Å². The van der Waals surface area contributed by atoms with Crippen molar-refractivity contribution in [3.63, 3.8) is 0 Å². The third-order valence-electron chi connectivity index (χ3n) is 5.06. The number of ether oxygens (including phenoxy) is 1. The van der Waals surface area contributed by atoms with Gasteiger partial charge in [0, 0.05) is 10.7 Å². The van der Waals surface area contributed by atoms with Crippen LogP contribution in [0.3, 0.4) is 0 Å². The van der Waals surface area contributed by atoms with Crippen molar-refractivity contribution in [2.75, 3.05) is 17.3 Å². The molecule has 1 aliphatic rings. The molecule has 0 saturated carbocycles. The maximum Gasteiger partial charge on any atom is 0.282 e. The molecule has 4 rings (SSSR count). The monoisotopic (exact) mass is 436 g/mol. The quantitative estimate of drug-likeness (QED) is 0.559. The van der Waals surface area contributed by atoms with Crippen LogP contribution < -0.4 is 15.0 Å². The smallest absolute Gasteiger partial charge is 0.282 e. The fourth-order valence-electron chi connectivity index (χ4n) is 3.40. The lowest BCUT2D eigenvalue weighted by Gasteiger charge is -2.16. The largest absolute Gasteiger partial charge is 0.497 e. The van der Waals surface area contributed by atoms with Crippen LogP contribution in [-0.2, 0) is 9.59 Å². The molecular weight excluding hydrogens is 419 g/mol. The van der Waals surface area contributed by atoms with E-state index in [1.165, 1.54) is 18.2 Å². The molecule has 0 aliphatic carbocycles. The van der Waals surface area contributed by atoms with Crippen molar-refractivity contribution in [3.8, 4) is 5.75 Å². The van der Waals surface area contributed by atoms with Crippen molar-refractivity contribution in [2.24, 2.45) is 0 Å². The number of benzene rings is 3. The summed E-state index contributed by atoms with van der Waals surface area (Å²) in [6.07, 6.45) is 0. The fourth-order valence-corrected chi connectivity index (χ4v) is 3.57. The Morgan fingerprint density at radius 1 is 0.968 bits per heavy atom. The van der Waals surface area contributed by atoms with Crippen LogP contribution in [0, 0.1) is 12.7 Å². The van der Waals surface area contributed by atoms with Crippen LogP contribution in [0.4, 0.5) is 15.8 Å². The van der Waals surface area contributed by atoms with Crippen molar-refractivity contribution in [1.29, 1.82) is 0 Å². The van der Waals surface area contributed by atoms with Gasteiger partial charge in [0.25, 0.3) is 11.8 Å². The van der Waals surface area contributed by atoms with E-state index in [1.54, 1.807) is 49.6 Å². The minimum atomic E-state index is -0.583. The third kappa shape index (κ3) is 3.78. The molecule has 0 aromatic heterocycles. The van der Waals surface area contributed by atoms with E-state index in [2.05, 4.69) is 5.32 Å². The van der Waals surface area contributed by atoms with Gasteiger partial charge in [0.15, 0.2) is 0 Å². The van der Waals surface area contributed by atoms with Crippen molar-refractivity contribution in [2.45, 2.75) is 6.92 Å². The summed E-state index contributed by atoms with van der Waals surface area (Å²) in [4.78, 5) is 27.7. The highest BCUT2D eigenvalue weighted by Crippen LogP contribution is 2.35. The van der Waals surface area contributed by atoms with Gasteiger partial charge >= 0.3 is 0 Å². The van der Waals surface area contributed by atoms with Crippen molar-refractivity contribution in [1.82, 2.24) is 0 Å². The van der Waals surface area contributed by atoms with Crippen molar-refractivity contribution >= 4 is 40.4 Å². The van der Waals surface area contributed by atoms with E-state index < -0.39 is 17.6 Å². The Bertz CT molecular complexity index is 1220. The number of hydrogen-bond donors (Lipinski definition) is 1. The van der Waals surface area contributed by atoms with Gasteiger partial charge in [-0.25, -0.2) is 9.29 Å². The van der Waals surface area contributed by atoms with Gasteiger partial charge in [-0.1, -0.05) is 35.9 Å². The first-order valence-electron chi connectivity index (χ1n) is 9.46. The number of halogens is 2. The predicted octanol–water partition coefficient (Wildman–Crippen LogP) is 5.19. The predicted molar refractivity (Wildman–Crippen MR) is 119 cm³/mol. The summed E-state index contributed by atoms with van der Waals surface area (Å²) in [6.45, 7) is 1.81. The topological polar surface area (TPSA) is 58.6 Å². The standard InChI is InChI=1S/C24H18ClFN2O3/c1-14-19(25)7-4-8-20(14)27-22-21(15-9-11-18(31-2)12-10-15)23(29)28(24(22)30)17-6-3-5-16(26)13-17/h3-13,27H,1-2H3. The molecule has 156 valence electrons. The van der Waals surface area contributed by atoms with Crippen molar-refractivity contribution < 1.29 is 18.7 Å². The zero-order valence-corrected chi connectivity index (χ0v) is 17.5. The molecule has 5 nitrogen and oxygen atoms in total. The Morgan fingerprint density at radius 3 is 2.35 bits per heavy atom. The van der Waals surface area contributed by atoms with E-state index >= 15 is 0 Å². The molecule has 0 radical (unpaired) electrons. The van der Waals surface area contributed by atoms with Gasteiger partial charge in [-0.3, -0.25) is 9.59 Å². The second kappa shape index (κ2) is 8.24. The molecule has 2 amide bonds. The molecule has 3 aromatic rings. The number of nitrogens with zero attached hydrogens (tertiary/aromatic N) is 1. The molecule has 0 fully saturated rings. The first-order valence-corrected chi connectivity index (χ1v) is 9.83. The number of carbonyl (C=O) groups is 2. The van der Waals surface area contributed by atoms with Gasteiger partial charge in [0.05, 0.1) is 18.4 Å². The highest BCUT2D eigenvalue weighted by atomic mass is 35.5. The van der Waals surface area contributed by atoms with E-state index in [1.807, 2.05) is 6.92 Å². The van der Waals surface area contributed by atoms with Gasteiger partial charge in [0.2, 0.25) is 0 Å². The number of amides is 2. The minimum absolute atomic E-state index is 0.0878. The van der Waals surface area contributed by atoms with Gasteiger partial charge in [-0.05, 0) is 60.5 Å². The summed E-state index contributed by atoms with van der Waals surface area (Å²) in [6, 6.07) is 17.4. The summed E-state index contributed by atoms with van der Waals surface area (Å²) in [7, 11) is 1.54. The first-order chi connectivity index (χ1) is 14.9. The normalized spacial score (nSPS) is 13.7. The summed E-state index contributed by atoms with van der Waals surface area (Å²) in [5.74, 6) is -1.07.